The zero-order valence-corrected chi connectivity index (χ0v) is 10.2. The van der Waals surface area contributed by atoms with Crippen LogP contribution < -0.4 is 5.73 Å². The van der Waals surface area contributed by atoms with Crippen LogP contribution in [0.3, 0.4) is 0 Å². The van der Waals surface area contributed by atoms with Crippen LogP contribution in [0.2, 0.25) is 0 Å². The first-order chi connectivity index (χ1) is 8.65. The molecular formula is C11H14N6O. The Bertz CT molecular complexity index is 589. The molecule has 2 rings (SSSR count). The lowest BCUT2D eigenvalue weighted by Crippen LogP contribution is -2.18. The topological polar surface area (TPSA) is 102 Å². The van der Waals surface area contributed by atoms with Gasteiger partial charge < -0.3 is 10.9 Å². The highest BCUT2D eigenvalue weighted by Crippen LogP contribution is 2.09. The molecule has 0 atom stereocenters. The summed E-state index contributed by atoms with van der Waals surface area (Å²) >= 11 is 0. The fourth-order valence-electron chi connectivity index (χ4n) is 1.62. The number of hydrogen-bond donors (Lipinski definition) is 2. The Kier molecular flexibility index (Phi) is 3.22. The Hall–Kier alpha value is -2.44. The molecule has 0 aliphatic rings. The van der Waals surface area contributed by atoms with Crippen molar-refractivity contribution >= 4 is 5.84 Å². The van der Waals surface area contributed by atoms with Crippen LogP contribution in [0.5, 0.6) is 0 Å². The van der Waals surface area contributed by atoms with Crippen LogP contribution in [0.15, 0.2) is 23.6 Å². The average molecular weight is 246 g/mol. The fourth-order valence-corrected chi connectivity index (χ4v) is 1.62. The van der Waals surface area contributed by atoms with E-state index in [9.17, 15) is 0 Å². The van der Waals surface area contributed by atoms with Crippen molar-refractivity contribution in [3.63, 3.8) is 0 Å². The van der Waals surface area contributed by atoms with Crippen molar-refractivity contribution < 1.29 is 5.21 Å². The Balaban J connectivity index is 2.55. The molecule has 0 amide bonds. The maximum Gasteiger partial charge on any atom is 0.236 e. The first kappa shape index (κ1) is 12.0. The fraction of sp³-hybridized carbons (Fsp3) is 0.273. The minimum Gasteiger partial charge on any atom is -0.409 e. The molecule has 2 aromatic rings. The normalized spacial score (nSPS) is 11.8. The van der Waals surface area contributed by atoms with Crippen molar-refractivity contribution in [3.05, 3.63) is 35.7 Å². The average Bonchev–Trinajstić information content (AvgIpc) is 2.85. The van der Waals surface area contributed by atoms with Crippen LogP contribution in [0.25, 0.3) is 5.95 Å². The van der Waals surface area contributed by atoms with Crippen LogP contribution in [-0.2, 0) is 6.42 Å². The third kappa shape index (κ3) is 2.15. The summed E-state index contributed by atoms with van der Waals surface area (Å²) < 4.78 is 1.78. The van der Waals surface area contributed by atoms with Crippen molar-refractivity contribution in [1.29, 1.82) is 0 Å². The summed E-state index contributed by atoms with van der Waals surface area (Å²) in [6.07, 6.45) is 4.24. The maximum absolute atomic E-state index is 8.68. The molecule has 0 aliphatic heterocycles. The van der Waals surface area contributed by atoms with Crippen LogP contribution in [-0.4, -0.2) is 30.6 Å². The number of amidine groups is 1. The number of nitrogens with two attached hydrogens (primary N) is 1. The van der Waals surface area contributed by atoms with Crippen molar-refractivity contribution in [2.45, 2.75) is 20.3 Å². The van der Waals surface area contributed by atoms with Gasteiger partial charge in [-0.05, 0) is 13.0 Å². The highest BCUT2D eigenvalue weighted by Gasteiger charge is 2.10. The summed E-state index contributed by atoms with van der Waals surface area (Å²) in [5.74, 6) is 1.27. The zero-order chi connectivity index (χ0) is 13.1. The standard InChI is InChI=1S/C11H14N6O/c1-3-9-13-4-5-17(9)11-14-7(2)6-8(15-11)10(12)16-18/h4-6,18H,3H2,1-2H3,(H2,12,16). The molecule has 0 saturated heterocycles. The van der Waals surface area contributed by atoms with Gasteiger partial charge in [0.2, 0.25) is 5.95 Å². The number of nitrogens with zero attached hydrogens (tertiary/aromatic N) is 5. The van der Waals surface area contributed by atoms with E-state index in [0.717, 1.165) is 17.9 Å². The molecule has 94 valence electrons. The lowest BCUT2D eigenvalue weighted by atomic mass is 10.3. The molecule has 0 spiro atoms. The molecular weight excluding hydrogens is 232 g/mol. The van der Waals surface area contributed by atoms with E-state index in [1.54, 1.807) is 23.0 Å². The van der Waals surface area contributed by atoms with E-state index in [-0.39, 0.29) is 5.84 Å². The predicted octanol–water partition coefficient (Wildman–Crippen LogP) is 0.628. The zero-order valence-electron chi connectivity index (χ0n) is 10.2. The number of imidazole rings is 1. The molecule has 0 fully saturated rings. The highest BCUT2D eigenvalue weighted by atomic mass is 16.4. The molecule has 0 aliphatic carbocycles. The third-order valence-electron chi connectivity index (χ3n) is 2.46. The number of rotatable bonds is 3. The van der Waals surface area contributed by atoms with Gasteiger partial charge in [-0.2, -0.15) is 0 Å². The minimum atomic E-state index is -0.0417. The van der Waals surface area contributed by atoms with Crippen LogP contribution in [0.4, 0.5) is 0 Å². The van der Waals surface area contributed by atoms with Gasteiger partial charge in [-0.25, -0.2) is 15.0 Å². The Labute approximate surface area is 104 Å². The van der Waals surface area contributed by atoms with Crippen LogP contribution >= 0.6 is 0 Å². The summed E-state index contributed by atoms with van der Waals surface area (Å²) in [5, 5.41) is 11.6. The van der Waals surface area contributed by atoms with Gasteiger partial charge in [-0.15, -0.1) is 0 Å². The van der Waals surface area contributed by atoms with E-state index in [4.69, 9.17) is 10.9 Å². The second-order valence-corrected chi connectivity index (χ2v) is 3.75. The summed E-state index contributed by atoms with van der Waals surface area (Å²) in [6.45, 7) is 3.82. The van der Waals surface area contributed by atoms with Gasteiger partial charge in [0.25, 0.3) is 0 Å². The smallest absolute Gasteiger partial charge is 0.236 e. The Morgan fingerprint density at radius 1 is 1.50 bits per heavy atom. The molecule has 3 N–H and O–H groups in total. The van der Waals surface area contributed by atoms with E-state index in [2.05, 4.69) is 20.1 Å². The quantitative estimate of drug-likeness (QED) is 0.358. The first-order valence-corrected chi connectivity index (χ1v) is 5.52. The second-order valence-electron chi connectivity index (χ2n) is 3.75. The number of oxime groups is 1. The van der Waals surface area contributed by atoms with Gasteiger partial charge in [0, 0.05) is 24.5 Å². The largest absolute Gasteiger partial charge is 0.409 e. The van der Waals surface area contributed by atoms with Gasteiger partial charge in [0.15, 0.2) is 5.84 Å². The SMILES string of the molecule is CCc1nccn1-c1nc(C)cc(/C(N)=N/O)n1. The van der Waals surface area contributed by atoms with Crippen LogP contribution in [0, 0.1) is 6.92 Å². The van der Waals surface area contributed by atoms with E-state index in [1.807, 2.05) is 13.8 Å². The number of aromatic nitrogens is 4. The van der Waals surface area contributed by atoms with Gasteiger partial charge in [0.05, 0.1) is 0 Å². The lowest BCUT2D eigenvalue weighted by Gasteiger charge is -2.07. The van der Waals surface area contributed by atoms with Gasteiger partial charge >= 0.3 is 0 Å². The molecule has 2 aromatic heterocycles. The molecule has 7 heteroatoms. The van der Waals surface area contributed by atoms with E-state index >= 15 is 0 Å². The molecule has 18 heavy (non-hydrogen) atoms. The molecule has 7 nitrogen and oxygen atoms in total. The van der Waals surface area contributed by atoms with Crippen molar-refractivity contribution in [1.82, 2.24) is 19.5 Å². The summed E-state index contributed by atoms with van der Waals surface area (Å²) in [5.41, 5.74) is 6.66. The summed E-state index contributed by atoms with van der Waals surface area (Å²) in [6, 6.07) is 1.65. The third-order valence-corrected chi connectivity index (χ3v) is 2.46. The van der Waals surface area contributed by atoms with Crippen LogP contribution in [0.1, 0.15) is 24.1 Å². The highest BCUT2D eigenvalue weighted by molar-refractivity contribution is 5.95. The van der Waals surface area contributed by atoms with E-state index < -0.39 is 0 Å². The van der Waals surface area contributed by atoms with E-state index in [1.165, 1.54) is 0 Å². The predicted molar refractivity (Wildman–Crippen MR) is 65.8 cm³/mol. The molecule has 0 radical (unpaired) electrons. The lowest BCUT2D eigenvalue weighted by molar-refractivity contribution is 0.318. The maximum atomic E-state index is 8.68. The van der Waals surface area contributed by atoms with Gasteiger partial charge in [-0.1, -0.05) is 12.1 Å². The van der Waals surface area contributed by atoms with Gasteiger partial charge in [-0.3, -0.25) is 4.57 Å². The second kappa shape index (κ2) is 4.82. The molecule has 0 saturated carbocycles. The molecule has 2 heterocycles. The summed E-state index contributed by atoms with van der Waals surface area (Å²) in [4.78, 5) is 12.8. The molecule has 0 bridgehead atoms. The number of hydrogen-bond acceptors (Lipinski definition) is 5. The Morgan fingerprint density at radius 2 is 2.28 bits per heavy atom. The van der Waals surface area contributed by atoms with Crippen molar-refractivity contribution in [3.8, 4) is 5.95 Å². The molecule has 0 unspecified atom stereocenters. The van der Waals surface area contributed by atoms with Gasteiger partial charge in [0.1, 0.15) is 11.5 Å². The minimum absolute atomic E-state index is 0.0417. The Morgan fingerprint density at radius 3 is 2.94 bits per heavy atom. The van der Waals surface area contributed by atoms with Crippen molar-refractivity contribution in [2.75, 3.05) is 0 Å². The first-order valence-electron chi connectivity index (χ1n) is 5.52. The van der Waals surface area contributed by atoms with Crippen molar-refractivity contribution in [2.24, 2.45) is 10.9 Å². The monoisotopic (exact) mass is 246 g/mol. The van der Waals surface area contributed by atoms with E-state index in [0.29, 0.717) is 11.6 Å². The number of aryl methyl sites for hydroxylation is 2. The molecule has 0 aromatic carbocycles. The summed E-state index contributed by atoms with van der Waals surface area (Å²) in [7, 11) is 0.